The molecule has 0 saturated heterocycles. The molecule has 3 nitrogen and oxygen atoms in total. The average Bonchev–Trinajstić information content (AvgIpc) is 2.14. The van der Waals surface area contributed by atoms with Crippen LogP contribution in [0.15, 0.2) is 6.33 Å². The highest BCUT2D eigenvalue weighted by Crippen LogP contribution is 1.96. The Morgan fingerprint density at radius 2 is 2.62 bits per heavy atom. The zero-order valence-electron chi connectivity index (χ0n) is 4.81. The first-order chi connectivity index (χ1) is 3.84. The molecule has 0 aliphatic carbocycles. The molecule has 0 aliphatic heterocycles. The van der Waals surface area contributed by atoms with Gasteiger partial charge in [0.25, 0.3) is 0 Å². The van der Waals surface area contributed by atoms with Gasteiger partial charge in [0.15, 0.2) is 0 Å². The molecule has 0 unspecified atom stereocenters. The molecule has 3 heteroatoms. The number of nitrogens with two attached hydrogens (primary N) is 1. The Labute approximate surface area is 47.9 Å². The minimum atomic E-state index is 0.523. The fraction of sp³-hybridized carbons (Fsp3) is 0.400. The minimum absolute atomic E-state index is 0.523. The van der Waals surface area contributed by atoms with E-state index in [4.69, 9.17) is 5.73 Å². The van der Waals surface area contributed by atoms with Crippen LogP contribution in [0, 0.1) is 6.92 Å². The second-order valence-corrected chi connectivity index (χ2v) is 1.68. The van der Waals surface area contributed by atoms with Gasteiger partial charge in [-0.3, -0.25) is 0 Å². The van der Waals surface area contributed by atoms with Crippen molar-refractivity contribution >= 4 is 0 Å². The first-order valence-electron chi connectivity index (χ1n) is 2.53. The molecule has 0 atom stereocenters. The molecule has 0 fully saturated rings. The maximum Gasteiger partial charge on any atom is 0.0925 e. The van der Waals surface area contributed by atoms with Crippen LogP contribution in [0.25, 0.3) is 0 Å². The van der Waals surface area contributed by atoms with Gasteiger partial charge >= 0.3 is 0 Å². The summed E-state index contributed by atoms with van der Waals surface area (Å²) in [5.74, 6) is 0. The van der Waals surface area contributed by atoms with Gasteiger partial charge in [0.1, 0.15) is 0 Å². The summed E-state index contributed by atoms with van der Waals surface area (Å²) < 4.78 is 0. The number of hydrogen-bond donors (Lipinski definition) is 2. The van der Waals surface area contributed by atoms with Crippen molar-refractivity contribution < 1.29 is 0 Å². The summed E-state index contributed by atoms with van der Waals surface area (Å²) in [5, 5.41) is 0. The summed E-state index contributed by atoms with van der Waals surface area (Å²) in [7, 11) is 0. The van der Waals surface area contributed by atoms with Crippen LogP contribution in [0.2, 0.25) is 0 Å². The zero-order chi connectivity index (χ0) is 5.98. The number of aromatic amines is 1. The van der Waals surface area contributed by atoms with Gasteiger partial charge in [-0.2, -0.15) is 0 Å². The van der Waals surface area contributed by atoms with Crippen LogP contribution in [0.4, 0.5) is 0 Å². The predicted octanol–water partition coefficient (Wildman–Crippen LogP) is 0.177. The van der Waals surface area contributed by atoms with Crippen molar-refractivity contribution in [3.8, 4) is 0 Å². The Hall–Kier alpha value is -0.830. The van der Waals surface area contributed by atoms with Crippen LogP contribution in [0.5, 0.6) is 0 Å². The summed E-state index contributed by atoms with van der Waals surface area (Å²) in [6, 6.07) is 0. The van der Waals surface area contributed by atoms with Crippen LogP contribution in [-0.2, 0) is 6.54 Å². The zero-order valence-corrected chi connectivity index (χ0v) is 4.81. The molecular formula is C5H9N3. The van der Waals surface area contributed by atoms with E-state index in [9.17, 15) is 0 Å². The highest BCUT2D eigenvalue weighted by molar-refractivity contribution is 5.07. The van der Waals surface area contributed by atoms with E-state index in [2.05, 4.69) is 9.97 Å². The van der Waals surface area contributed by atoms with Crippen LogP contribution in [0.3, 0.4) is 0 Å². The Bertz CT molecular complexity index is 168. The largest absolute Gasteiger partial charge is 0.348 e. The average molecular weight is 111 g/mol. The van der Waals surface area contributed by atoms with Crippen molar-refractivity contribution in [2.24, 2.45) is 5.73 Å². The Morgan fingerprint density at radius 3 is 2.88 bits per heavy atom. The molecule has 44 valence electrons. The molecule has 8 heavy (non-hydrogen) atoms. The second kappa shape index (κ2) is 1.96. The van der Waals surface area contributed by atoms with Crippen LogP contribution < -0.4 is 5.73 Å². The van der Waals surface area contributed by atoms with E-state index >= 15 is 0 Å². The summed E-state index contributed by atoms with van der Waals surface area (Å²) in [6.45, 7) is 2.48. The van der Waals surface area contributed by atoms with Crippen molar-refractivity contribution in [1.29, 1.82) is 0 Å². The number of rotatable bonds is 1. The number of H-pyrrole nitrogens is 1. The first kappa shape index (κ1) is 5.31. The van der Waals surface area contributed by atoms with E-state index in [1.807, 2.05) is 6.92 Å². The highest BCUT2D eigenvalue weighted by Gasteiger charge is 1.93. The van der Waals surface area contributed by atoms with E-state index in [-0.39, 0.29) is 0 Å². The normalized spacial score (nSPS) is 9.75. The molecular weight excluding hydrogens is 102 g/mol. The van der Waals surface area contributed by atoms with Crippen molar-refractivity contribution in [3.05, 3.63) is 17.7 Å². The number of aromatic nitrogens is 2. The SMILES string of the molecule is Cc1[nH]cnc1CN. The Morgan fingerprint density at radius 1 is 1.88 bits per heavy atom. The summed E-state index contributed by atoms with van der Waals surface area (Å²) >= 11 is 0. The minimum Gasteiger partial charge on any atom is -0.348 e. The van der Waals surface area contributed by atoms with E-state index < -0.39 is 0 Å². The number of aryl methyl sites for hydroxylation is 1. The standard InChI is InChI=1S/C5H9N3/c1-4-5(2-6)8-3-7-4/h3H,2,6H2,1H3,(H,7,8). The van der Waals surface area contributed by atoms with Crippen molar-refractivity contribution in [3.63, 3.8) is 0 Å². The van der Waals surface area contributed by atoms with Gasteiger partial charge in [0, 0.05) is 12.2 Å². The highest BCUT2D eigenvalue weighted by atomic mass is 14.9. The van der Waals surface area contributed by atoms with Crippen molar-refractivity contribution in [2.45, 2.75) is 13.5 Å². The molecule has 0 amide bonds. The quantitative estimate of drug-likeness (QED) is 0.543. The lowest BCUT2D eigenvalue weighted by atomic mass is 10.4. The third-order valence-corrected chi connectivity index (χ3v) is 1.13. The molecule has 3 N–H and O–H groups in total. The first-order valence-corrected chi connectivity index (χ1v) is 2.53. The third-order valence-electron chi connectivity index (χ3n) is 1.13. The van der Waals surface area contributed by atoms with E-state index in [1.54, 1.807) is 6.33 Å². The molecule has 0 aromatic carbocycles. The van der Waals surface area contributed by atoms with Gasteiger partial charge in [-0.25, -0.2) is 4.98 Å². The molecule has 0 spiro atoms. The second-order valence-electron chi connectivity index (χ2n) is 1.68. The Balaban J connectivity index is 2.92. The third kappa shape index (κ3) is 0.721. The number of nitrogens with zero attached hydrogens (tertiary/aromatic N) is 1. The fourth-order valence-electron chi connectivity index (χ4n) is 0.593. The lowest BCUT2D eigenvalue weighted by Crippen LogP contribution is -1.97. The van der Waals surface area contributed by atoms with Gasteiger partial charge in [0.05, 0.1) is 12.0 Å². The number of imidazole rings is 1. The van der Waals surface area contributed by atoms with Gasteiger partial charge < -0.3 is 10.7 Å². The predicted molar refractivity (Wildman–Crippen MR) is 31.2 cm³/mol. The van der Waals surface area contributed by atoms with Gasteiger partial charge in [-0.05, 0) is 6.92 Å². The smallest absolute Gasteiger partial charge is 0.0925 e. The Kier molecular flexibility index (Phi) is 1.30. The fourth-order valence-corrected chi connectivity index (χ4v) is 0.593. The van der Waals surface area contributed by atoms with E-state index in [0.717, 1.165) is 11.4 Å². The van der Waals surface area contributed by atoms with Crippen LogP contribution >= 0.6 is 0 Å². The summed E-state index contributed by atoms with van der Waals surface area (Å²) in [6.07, 6.45) is 1.65. The molecule has 0 saturated carbocycles. The van der Waals surface area contributed by atoms with Gasteiger partial charge in [0.2, 0.25) is 0 Å². The molecule has 0 radical (unpaired) electrons. The lowest BCUT2D eigenvalue weighted by molar-refractivity contribution is 0.992. The summed E-state index contributed by atoms with van der Waals surface area (Å²) in [5.41, 5.74) is 7.32. The molecule has 1 rings (SSSR count). The molecule has 0 aliphatic rings. The number of hydrogen-bond acceptors (Lipinski definition) is 2. The molecule has 1 aromatic heterocycles. The monoisotopic (exact) mass is 111 g/mol. The van der Waals surface area contributed by atoms with Gasteiger partial charge in [-0.1, -0.05) is 0 Å². The van der Waals surface area contributed by atoms with Crippen molar-refractivity contribution in [2.75, 3.05) is 0 Å². The topological polar surface area (TPSA) is 54.7 Å². The molecule has 1 heterocycles. The van der Waals surface area contributed by atoms with Crippen molar-refractivity contribution in [1.82, 2.24) is 9.97 Å². The van der Waals surface area contributed by atoms with E-state index in [1.165, 1.54) is 0 Å². The van der Waals surface area contributed by atoms with E-state index in [0.29, 0.717) is 6.54 Å². The molecule has 1 aromatic rings. The van der Waals surface area contributed by atoms with Crippen LogP contribution in [-0.4, -0.2) is 9.97 Å². The summed E-state index contributed by atoms with van der Waals surface area (Å²) in [4.78, 5) is 6.88. The lowest BCUT2D eigenvalue weighted by Gasteiger charge is -1.86. The van der Waals surface area contributed by atoms with Crippen LogP contribution in [0.1, 0.15) is 11.4 Å². The molecule has 0 bridgehead atoms. The maximum absolute atomic E-state index is 5.31. The van der Waals surface area contributed by atoms with Gasteiger partial charge in [-0.15, -0.1) is 0 Å². The maximum atomic E-state index is 5.31. The number of nitrogens with one attached hydrogen (secondary N) is 1.